The van der Waals surface area contributed by atoms with Crippen molar-refractivity contribution < 1.29 is 0 Å². The van der Waals surface area contributed by atoms with Crippen LogP contribution in [0.1, 0.15) is 40.0 Å². The van der Waals surface area contributed by atoms with Crippen LogP contribution in [0, 0.1) is 17.3 Å². The Hall–Kier alpha value is -0.600. The lowest BCUT2D eigenvalue weighted by atomic mass is 9.92. The largest absolute Gasteiger partial charge is 0.317 e. The topological polar surface area (TPSA) is 15.3 Å². The van der Waals surface area contributed by atoms with Crippen LogP contribution in [-0.4, -0.2) is 37.1 Å². The Bertz CT molecular complexity index is 404. The zero-order valence-corrected chi connectivity index (χ0v) is 13.4. The smallest absolute Gasteiger partial charge is 0.0120 e. The van der Waals surface area contributed by atoms with Gasteiger partial charge in [-0.1, -0.05) is 37.6 Å². The van der Waals surface area contributed by atoms with E-state index in [1.165, 1.54) is 51.0 Å². The SMILES string of the molecule is CC1=CC2(CN(CC(C)C)C3CCNCC3)CC2C=C1. The van der Waals surface area contributed by atoms with Gasteiger partial charge in [0.25, 0.3) is 0 Å². The van der Waals surface area contributed by atoms with E-state index >= 15 is 0 Å². The summed E-state index contributed by atoms with van der Waals surface area (Å²) in [5.74, 6) is 1.59. The molecule has 3 aliphatic rings. The van der Waals surface area contributed by atoms with E-state index < -0.39 is 0 Å². The van der Waals surface area contributed by atoms with Crippen molar-refractivity contribution in [2.45, 2.75) is 46.1 Å². The summed E-state index contributed by atoms with van der Waals surface area (Å²) in [6.07, 6.45) is 11.4. The average Bonchev–Trinajstić information content (AvgIpc) is 3.11. The Morgan fingerprint density at radius 3 is 2.80 bits per heavy atom. The highest BCUT2D eigenvalue weighted by Crippen LogP contribution is 2.57. The summed E-state index contributed by atoms with van der Waals surface area (Å²) in [6, 6.07) is 0.800. The van der Waals surface area contributed by atoms with E-state index in [0.29, 0.717) is 5.41 Å². The second-order valence-corrected chi connectivity index (χ2v) is 7.60. The molecule has 1 N–H and O–H groups in total. The van der Waals surface area contributed by atoms with Gasteiger partial charge in [-0.2, -0.15) is 0 Å². The first-order valence-corrected chi connectivity index (χ1v) is 8.41. The maximum absolute atomic E-state index is 3.50. The zero-order valence-electron chi connectivity index (χ0n) is 13.4. The average molecular weight is 274 g/mol. The minimum Gasteiger partial charge on any atom is -0.317 e. The van der Waals surface area contributed by atoms with Crippen LogP contribution in [0.25, 0.3) is 0 Å². The second-order valence-electron chi connectivity index (χ2n) is 7.60. The fourth-order valence-corrected chi connectivity index (χ4v) is 4.13. The van der Waals surface area contributed by atoms with Crippen LogP contribution in [0.2, 0.25) is 0 Å². The molecule has 2 nitrogen and oxygen atoms in total. The summed E-state index contributed by atoms with van der Waals surface area (Å²) in [6.45, 7) is 11.9. The van der Waals surface area contributed by atoms with Crippen LogP contribution in [0.3, 0.4) is 0 Å². The molecule has 0 spiro atoms. The van der Waals surface area contributed by atoms with Gasteiger partial charge in [-0.3, -0.25) is 4.90 Å². The van der Waals surface area contributed by atoms with Gasteiger partial charge in [-0.15, -0.1) is 0 Å². The van der Waals surface area contributed by atoms with Crippen LogP contribution in [0.5, 0.6) is 0 Å². The van der Waals surface area contributed by atoms with Crippen molar-refractivity contribution in [3.63, 3.8) is 0 Å². The molecule has 0 radical (unpaired) electrons. The quantitative estimate of drug-likeness (QED) is 0.828. The molecule has 0 aromatic heterocycles. The summed E-state index contributed by atoms with van der Waals surface area (Å²) in [5, 5.41) is 3.50. The molecule has 1 heterocycles. The molecule has 3 rings (SSSR count). The number of nitrogens with one attached hydrogen (secondary N) is 1. The number of hydrogen-bond donors (Lipinski definition) is 1. The molecule has 0 amide bonds. The van der Waals surface area contributed by atoms with Crippen LogP contribution < -0.4 is 5.32 Å². The maximum Gasteiger partial charge on any atom is 0.0120 e. The zero-order chi connectivity index (χ0) is 14.2. The molecule has 2 fully saturated rings. The van der Waals surface area contributed by atoms with Gasteiger partial charge in [0, 0.05) is 24.5 Å². The molecule has 0 bridgehead atoms. The summed E-state index contributed by atoms with van der Waals surface area (Å²) >= 11 is 0. The van der Waals surface area contributed by atoms with Crippen molar-refractivity contribution in [3.8, 4) is 0 Å². The van der Waals surface area contributed by atoms with E-state index in [9.17, 15) is 0 Å². The Morgan fingerprint density at radius 1 is 1.35 bits per heavy atom. The predicted octanol–water partition coefficient (Wildman–Crippen LogP) is 3.22. The standard InChI is InChI=1S/C18H30N2/c1-14(2)12-20(17-6-8-19-9-7-17)13-18-10-15(3)4-5-16(18)11-18/h4-5,10,14,16-17,19H,6-9,11-13H2,1-3H3. The van der Waals surface area contributed by atoms with E-state index in [1.807, 2.05) is 0 Å². The Kier molecular flexibility index (Phi) is 4.05. The number of nitrogens with zero attached hydrogens (tertiary/aromatic N) is 1. The van der Waals surface area contributed by atoms with Gasteiger partial charge >= 0.3 is 0 Å². The molecule has 0 aromatic rings. The minimum atomic E-state index is 0.485. The van der Waals surface area contributed by atoms with E-state index in [0.717, 1.165) is 17.9 Å². The van der Waals surface area contributed by atoms with E-state index in [2.05, 4.69) is 49.2 Å². The van der Waals surface area contributed by atoms with E-state index in [-0.39, 0.29) is 0 Å². The number of piperidine rings is 1. The van der Waals surface area contributed by atoms with Crippen LogP contribution in [-0.2, 0) is 0 Å². The molecule has 2 atom stereocenters. The van der Waals surface area contributed by atoms with Crippen molar-refractivity contribution in [1.29, 1.82) is 0 Å². The summed E-state index contributed by atoms with van der Waals surface area (Å²) < 4.78 is 0. The molecule has 1 aliphatic heterocycles. The van der Waals surface area contributed by atoms with Crippen molar-refractivity contribution >= 4 is 0 Å². The third-order valence-electron chi connectivity index (χ3n) is 5.21. The highest BCUT2D eigenvalue weighted by Gasteiger charge is 2.53. The fourth-order valence-electron chi connectivity index (χ4n) is 4.13. The predicted molar refractivity (Wildman–Crippen MR) is 85.7 cm³/mol. The van der Waals surface area contributed by atoms with E-state index in [4.69, 9.17) is 0 Å². The summed E-state index contributed by atoms with van der Waals surface area (Å²) in [4.78, 5) is 2.81. The first-order valence-electron chi connectivity index (χ1n) is 8.41. The molecule has 0 aromatic carbocycles. The number of allylic oxidation sites excluding steroid dienone is 3. The van der Waals surface area contributed by atoms with Gasteiger partial charge in [-0.05, 0) is 51.1 Å². The summed E-state index contributed by atoms with van der Waals surface area (Å²) in [5.41, 5.74) is 1.95. The van der Waals surface area contributed by atoms with Crippen molar-refractivity contribution in [1.82, 2.24) is 10.2 Å². The second kappa shape index (κ2) is 5.65. The van der Waals surface area contributed by atoms with Gasteiger partial charge in [-0.25, -0.2) is 0 Å². The van der Waals surface area contributed by atoms with Gasteiger partial charge in [0.2, 0.25) is 0 Å². The minimum absolute atomic E-state index is 0.485. The van der Waals surface area contributed by atoms with Crippen LogP contribution >= 0.6 is 0 Å². The van der Waals surface area contributed by atoms with Gasteiger partial charge < -0.3 is 5.32 Å². The molecule has 1 saturated carbocycles. The molecular formula is C18H30N2. The monoisotopic (exact) mass is 274 g/mol. The number of fused-ring (bicyclic) bond motifs is 1. The van der Waals surface area contributed by atoms with Crippen molar-refractivity contribution in [3.05, 3.63) is 23.8 Å². The maximum atomic E-state index is 3.50. The molecule has 1 saturated heterocycles. The first-order chi connectivity index (χ1) is 9.59. The summed E-state index contributed by atoms with van der Waals surface area (Å²) in [7, 11) is 0. The molecule has 2 heteroatoms. The molecule has 2 aliphatic carbocycles. The molecule has 112 valence electrons. The van der Waals surface area contributed by atoms with Crippen LogP contribution in [0.4, 0.5) is 0 Å². The molecular weight excluding hydrogens is 244 g/mol. The normalized spacial score (nSPS) is 33.5. The lowest BCUT2D eigenvalue weighted by Crippen LogP contribution is -2.47. The Labute approximate surface area is 124 Å². The van der Waals surface area contributed by atoms with Gasteiger partial charge in [0.1, 0.15) is 0 Å². The number of hydrogen-bond acceptors (Lipinski definition) is 2. The lowest BCUT2D eigenvalue weighted by Gasteiger charge is -2.38. The Morgan fingerprint density at radius 2 is 2.10 bits per heavy atom. The van der Waals surface area contributed by atoms with E-state index in [1.54, 1.807) is 0 Å². The number of rotatable bonds is 5. The van der Waals surface area contributed by atoms with Crippen LogP contribution in [0.15, 0.2) is 23.8 Å². The highest BCUT2D eigenvalue weighted by molar-refractivity contribution is 5.35. The highest BCUT2D eigenvalue weighted by atomic mass is 15.2. The van der Waals surface area contributed by atoms with Gasteiger partial charge in [0.15, 0.2) is 0 Å². The third-order valence-corrected chi connectivity index (χ3v) is 5.21. The van der Waals surface area contributed by atoms with Crippen molar-refractivity contribution in [2.75, 3.05) is 26.2 Å². The molecule has 2 unspecified atom stereocenters. The molecule has 20 heavy (non-hydrogen) atoms. The Balaban J connectivity index is 1.69. The third kappa shape index (κ3) is 3.01. The fraction of sp³-hybridized carbons (Fsp3) is 0.778. The van der Waals surface area contributed by atoms with Gasteiger partial charge in [0.05, 0.1) is 0 Å². The first kappa shape index (κ1) is 14.3. The van der Waals surface area contributed by atoms with Crippen molar-refractivity contribution in [2.24, 2.45) is 17.3 Å². The lowest BCUT2D eigenvalue weighted by molar-refractivity contribution is 0.124.